The Kier molecular flexibility index (Phi) is 5.10. The molecule has 0 atom stereocenters. The first-order valence-corrected chi connectivity index (χ1v) is 9.52. The van der Waals surface area contributed by atoms with Gasteiger partial charge in [0.15, 0.2) is 0 Å². The molecule has 1 N–H and O–H groups in total. The van der Waals surface area contributed by atoms with Crippen molar-refractivity contribution in [2.24, 2.45) is 0 Å². The molecular formula is C22H24FN5. The van der Waals surface area contributed by atoms with Crippen LogP contribution in [0.15, 0.2) is 54.7 Å². The van der Waals surface area contributed by atoms with Crippen LogP contribution in [0.25, 0.3) is 0 Å². The Bertz CT molecular complexity index is 967. The van der Waals surface area contributed by atoms with Crippen molar-refractivity contribution in [2.75, 3.05) is 41.3 Å². The lowest BCUT2D eigenvalue weighted by atomic mass is 10.1. The summed E-state index contributed by atoms with van der Waals surface area (Å²) in [7, 11) is 0. The summed E-state index contributed by atoms with van der Waals surface area (Å²) < 4.78 is 13.9. The zero-order valence-corrected chi connectivity index (χ0v) is 16.2. The zero-order chi connectivity index (χ0) is 19.5. The van der Waals surface area contributed by atoms with E-state index < -0.39 is 0 Å². The van der Waals surface area contributed by atoms with Crippen LogP contribution in [-0.4, -0.2) is 36.1 Å². The Hall–Kier alpha value is -3.15. The summed E-state index contributed by atoms with van der Waals surface area (Å²) in [4.78, 5) is 13.6. The Morgan fingerprint density at radius 1 is 0.893 bits per heavy atom. The normalized spacial score (nSPS) is 14.2. The van der Waals surface area contributed by atoms with Gasteiger partial charge in [-0.25, -0.2) is 9.37 Å². The number of aryl methyl sites for hydroxylation is 1. The van der Waals surface area contributed by atoms with Crippen molar-refractivity contribution in [2.45, 2.75) is 13.8 Å². The lowest BCUT2D eigenvalue weighted by molar-refractivity contribution is 0.631. The number of hydrogen-bond acceptors (Lipinski definition) is 5. The molecule has 1 aliphatic rings. The third-order valence-corrected chi connectivity index (χ3v) is 5.26. The molecule has 1 aliphatic heterocycles. The Morgan fingerprint density at radius 3 is 2.43 bits per heavy atom. The fraction of sp³-hybridized carbons (Fsp3) is 0.273. The van der Waals surface area contributed by atoms with Gasteiger partial charge in [-0.2, -0.15) is 4.98 Å². The lowest BCUT2D eigenvalue weighted by Gasteiger charge is -2.37. The van der Waals surface area contributed by atoms with Crippen LogP contribution in [0.5, 0.6) is 0 Å². The maximum atomic E-state index is 13.9. The van der Waals surface area contributed by atoms with Crippen LogP contribution in [-0.2, 0) is 0 Å². The van der Waals surface area contributed by atoms with Gasteiger partial charge in [0.2, 0.25) is 5.95 Å². The Labute approximate surface area is 164 Å². The van der Waals surface area contributed by atoms with Crippen molar-refractivity contribution in [3.8, 4) is 0 Å². The number of hydrogen-bond donors (Lipinski definition) is 1. The number of nitrogens with zero attached hydrogens (tertiary/aromatic N) is 4. The van der Waals surface area contributed by atoms with Gasteiger partial charge < -0.3 is 15.1 Å². The van der Waals surface area contributed by atoms with Crippen molar-refractivity contribution >= 4 is 23.1 Å². The molecule has 2 heterocycles. The number of benzene rings is 2. The highest BCUT2D eigenvalue weighted by Gasteiger charge is 2.20. The van der Waals surface area contributed by atoms with Crippen molar-refractivity contribution < 1.29 is 4.39 Å². The van der Waals surface area contributed by atoms with Crippen molar-refractivity contribution in [3.05, 3.63) is 71.7 Å². The van der Waals surface area contributed by atoms with Gasteiger partial charge in [0.25, 0.3) is 0 Å². The smallest absolute Gasteiger partial charge is 0.227 e. The fourth-order valence-electron chi connectivity index (χ4n) is 3.50. The molecule has 1 saturated heterocycles. The second-order valence-electron chi connectivity index (χ2n) is 7.04. The molecule has 0 radical (unpaired) electrons. The lowest BCUT2D eigenvalue weighted by Crippen LogP contribution is -2.47. The molecule has 144 valence electrons. The molecule has 4 rings (SSSR count). The van der Waals surface area contributed by atoms with Gasteiger partial charge >= 0.3 is 0 Å². The van der Waals surface area contributed by atoms with Gasteiger partial charge in [0.1, 0.15) is 11.6 Å². The average Bonchev–Trinajstić information content (AvgIpc) is 2.72. The fourth-order valence-corrected chi connectivity index (χ4v) is 3.50. The first-order valence-electron chi connectivity index (χ1n) is 9.52. The van der Waals surface area contributed by atoms with Gasteiger partial charge in [-0.15, -0.1) is 0 Å². The van der Waals surface area contributed by atoms with Crippen LogP contribution < -0.4 is 15.1 Å². The third kappa shape index (κ3) is 3.76. The first-order chi connectivity index (χ1) is 13.6. The van der Waals surface area contributed by atoms with Crippen LogP contribution in [0, 0.1) is 19.7 Å². The average molecular weight is 377 g/mol. The second kappa shape index (κ2) is 7.84. The van der Waals surface area contributed by atoms with E-state index in [0.29, 0.717) is 17.5 Å². The predicted molar refractivity (Wildman–Crippen MR) is 112 cm³/mol. The number of piperazine rings is 1. The molecule has 0 unspecified atom stereocenters. The minimum absolute atomic E-state index is 0.301. The number of aromatic nitrogens is 2. The summed E-state index contributed by atoms with van der Waals surface area (Å²) in [5.74, 6) is 0.957. The maximum Gasteiger partial charge on any atom is 0.227 e. The predicted octanol–water partition coefficient (Wildman–Crippen LogP) is 4.30. The molecule has 3 aromatic rings. The van der Waals surface area contributed by atoms with E-state index in [4.69, 9.17) is 0 Å². The van der Waals surface area contributed by atoms with Gasteiger partial charge in [-0.1, -0.05) is 24.3 Å². The molecule has 0 spiro atoms. The van der Waals surface area contributed by atoms with E-state index >= 15 is 0 Å². The summed E-state index contributed by atoms with van der Waals surface area (Å²) >= 11 is 0. The molecule has 0 aliphatic carbocycles. The standard InChI is InChI=1S/C22H24FN5/c1-16-6-5-9-20(17(16)2)27-12-14-28(15-13-27)22-24-11-10-21(26-22)25-19-8-4-3-7-18(19)23/h3-11H,12-15H2,1-2H3,(H,24,25,26). The molecule has 1 fully saturated rings. The molecule has 2 aromatic carbocycles. The molecule has 0 amide bonds. The number of nitrogens with one attached hydrogen (secondary N) is 1. The van der Waals surface area contributed by atoms with E-state index in [2.05, 4.69) is 57.1 Å². The highest BCUT2D eigenvalue weighted by molar-refractivity contribution is 5.59. The van der Waals surface area contributed by atoms with Crippen LogP contribution in [0.1, 0.15) is 11.1 Å². The monoisotopic (exact) mass is 377 g/mol. The van der Waals surface area contributed by atoms with Crippen LogP contribution in [0.4, 0.5) is 27.5 Å². The summed E-state index contributed by atoms with van der Waals surface area (Å²) in [5, 5.41) is 3.04. The van der Waals surface area contributed by atoms with Gasteiger partial charge in [-0.05, 0) is 49.2 Å². The summed E-state index contributed by atoms with van der Waals surface area (Å²) in [6.45, 7) is 7.85. The van der Waals surface area contributed by atoms with E-state index in [1.807, 2.05) is 0 Å². The molecule has 5 nitrogen and oxygen atoms in total. The van der Waals surface area contributed by atoms with Crippen LogP contribution >= 0.6 is 0 Å². The molecular weight excluding hydrogens is 353 g/mol. The molecule has 28 heavy (non-hydrogen) atoms. The number of para-hydroxylation sites is 1. The second-order valence-corrected chi connectivity index (χ2v) is 7.04. The molecule has 1 aromatic heterocycles. The van der Waals surface area contributed by atoms with Gasteiger partial charge in [0.05, 0.1) is 5.69 Å². The topological polar surface area (TPSA) is 44.3 Å². The first kappa shape index (κ1) is 18.2. The summed E-state index contributed by atoms with van der Waals surface area (Å²) in [6, 6.07) is 14.8. The van der Waals surface area contributed by atoms with Crippen molar-refractivity contribution in [1.29, 1.82) is 0 Å². The summed E-state index contributed by atoms with van der Waals surface area (Å²) in [5.41, 5.74) is 4.36. The van der Waals surface area contributed by atoms with Crippen molar-refractivity contribution in [3.63, 3.8) is 0 Å². The zero-order valence-electron chi connectivity index (χ0n) is 16.2. The Balaban J connectivity index is 1.45. The quantitative estimate of drug-likeness (QED) is 0.734. The van der Waals surface area contributed by atoms with E-state index in [1.54, 1.807) is 30.5 Å². The molecule has 0 saturated carbocycles. The van der Waals surface area contributed by atoms with Crippen LogP contribution in [0.3, 0.4) is 0 Å². The van der Waals surface area contributed by atoms with Gasteiger partial charge in [0, 0.05) is 38.1 Å². The van der Waals surface area contributed by atoms with E-state index in [9.17, 15) is 4.39 Å². The van der Waals surface area contributed by atoms with E-state index in [-0.39, 0.29) is 5.82 Å². The highest BCUT2D eigenvalue weighted by atomic mass is 19.1. The number of halogens is 1. The molecule has 6 heteroatoms. The van der Waals surface area contributed by atoms with E-state index in [1.165, 1.54) is 22.9 Å². The number of rotatable bonds is 4. The summed E-state index contributed by atoms with van der Waals surface area (Å²) in [6.07, 6.45) is 1.71. The van der Waals surface area contributed by atoms with E-state index in [0.717, 1.165) is 26.2 Å². The van der Waals surface area contributed by atoms with Crippen LogP contribution in [0.2, 0.25) is 0 Å². The molecule has 0 bridgehead atoms. The SMILES string of the molecule is Cc1cccc(N2CCN(c3nccc(Nc4ccccc4F)n3)CC2)c1C. The highest BCUT2D eigenvalue weighted by Crippen LogP contribution is 2.25. The minimum atomic E-state index is -0.301. The minimum Gasteiger partial charge on any atom is -0.368 e. The Morgan fingerprint density at radius 2 is 1.64 bits per heavy atom. The van der Waals surface area contributed by atoms with Crippen molar-refractivity contribution in [1.82, 2.24) is 9.97 Å². The maximum absolute atomic E-state index is 13.9. The number of anilines is 4. The largest absolute Gasteiger partial charge is 0.368 e. The third-order valence-electron chi connectivity index (χ3n) is 5.26. The van der Waals surface area contributed by atoms with Gasteiger partial charge in [-0.3, -0.25) is 0 Å².